The predicted octanol–water partition coefficient (Wildman–Crippen LogP) is 4.29. The lowest BCUT2D eigenvalue weighted by molar-refractivity contribution is -0.276. The maximum atomic E-state index is 13.2. The molecule has 4 heterocycles. The first kappa shape index (κ1) is 29.5. The van der Waals surface area contributed by atoms with E-state index in [1.807, 2.05) is 0 Å². The molecule has 0 bridgehead atoms. The zero-order chi connectivity index (χ0) is 29.3. The first-order chi connectivity index (χ1) is 20.2. The molecule has 2 aliphatic heterocycles. The van der Waals surface area contributed by atoms with Crippen molar-refractivity contribution < 1.29 is 32.1 Å². The summed E-state index contributed by atoms with van der Waals surface area (Å²) in [5.74, 6) is 1.25. The molecular weight excluding hydrogens is 579 g/mol. The van der Waals surface area contributed by atoms with E-state index in [-0.39, 0.29) is 28.8 Å². The fourth-order valence-electron chi connectivity index (χ4n) is 6.48. The largest absolute Gasteiger partial charge is 0.574 e. The van der Waals surface area contributed by atoms with Gasteiger partial charge in [0.15, 0.2) is 0 Å². The molecule has 0 amide bonds. The minimum Gasteiger partial charge on any atom is -0.388 e. The van der Waals surface area contributed by atoms with E-state index in [2.05, 4.69) is 25.0 Å². The molecule has 4 fully saturated rings. The van der Waals surface area contributed by atoms with Crippen LogP contribution in [0, 0.1) is 17.8 Å². The van der Waals surface area contributed by atoms with Gasteiger partial charge in [-0.1, -0.05) is 11.6 Å². The van der Waals surface area contributed by atoms with Crippen LogP contribution in [-0.4, -0.2) is 79.4 Å². The number of fused-ring (bicyclic) bond motifs is 1. The van der Waals surface area contributed by atoms with E-state index in [0.29, 0.717) is 74.9 Å². The monoisotopic (exact) mass is 613 g/mol. The van der Waals surface area contributed by atoms with Crippen molar-refractivity contribution >= 4 is 23.0 Å². The first-order valence-corrected chi connectivity index (χ1v) is 14.9. The highest BCUT2D eigenvalue weighted by molar-refractivity contribution is 6.32. The van der Waals surface area contributed by atoms with Crippen LogP contribution in [0.1, 0.15) is 38.1 Å². The first-order valence-electron chi connectivity index (χ1n) is 14.5. The molecule has 230 valence electrons. The van der Waals surface area contributed by atoms with Crippen LogP contribution >= 0.6 is 11.6 Å². The molecule has 6 rings (SSSR count). The van der Waals surface area contributed by atoms with Crippen LogP contribution in [0.3, 0.4) is 0 Å². The molecule has 14 heteroatoms. The van der Waals surface area contributed by atoms with E-state index >= 15 is 0 Å². The average molecular weight is 614 g/mol. The van der Waals surface area contributed by atoms with Gasteiger partial charge in [0.25, 0.3) is 5.56 Å². The van der Waals surface area contributed by atoms with E-state index < -0.39 is 12.2 Å². The second-order valence-electron chi connectivity index (χ2n) is 11.5. The molecule has 10 nitrogen and oxygen atoms in total. The van der Waals surface area contributed by atoms with E-state index in [1.54, 1.807) is 12.3 Å². The molecule has 0 radical (unpaired) electrons. The van der Waals surface area contributed by atoms with Gasteiger partial charge in [0.1, 0.15) is 5.02 Å². The van der Waals surface area contributed by atoms with Crippen LogP contribution < -0.4 is 20.5 Å². The number of hydrogen-bond acceptors (Lipinski definition) is 9. The summed E-state index contributed by atoms with van der Waals surface area (Å²) in [6.45, 7) is 4.20. The zero-order valence-electron chi connectivity index (χ0n) is 23.1. The highest BCUT2D eigenvalue weighted by atomic mass is 35.5. The smallest absolute Gasteiger partial charge is 0.388 e. The van der Waals surface area contributed by atoms with Gasteiger partial charge in [-0.3, -0.25) is 4.79 Å². The van der Waals surface area contributed by atoms with Crippen molar-refractivity contribution in [1.29, 1.82) is 0 Å². The summed E-state index contributed by atoms with van der Waals surface area (Å²) >= 11 is 6.51. The zero-order valence-corrected chi connectivity index (χ0v) is 23.9. The van der Waals surface area contributed by atoms with Crippen LogP contribution in [0.25, 0.3) is 0 Å². The number of rotatable bonds is 9. The Balaban J connectivity index is 1.10. The van der Waals surface area contributed by atoms with Gasteiger partial charge in [-0.05, 0) is 50.0 Å². The van der Waals surface area contributed by atoms with Gasteiger partial charge in [-0.2, -0.15) is 5.10 Å². The van der Waals surface area contributed by atoms with E-state index in [4.69, 9.17) is 25.8 Å². The van der Waals surface area contributed by atoms with Crippen molar-refractivity contribution in [2.75, 3.05) is 56.3 Å². The van der Waals surface area contributed by atoms with Crippen LogP contribution in [-0.2, 0) is 14.2 Å². The molecule has 0 aromatic carbocycles. The van der Waals surface area contributed by atoms with Gasteiger partial charge in [0.05, 0.1) is 62.3 Å². The Morgan fingerprint density at radius 3 is 2.64 bits per heavy atom. The predicted molar refractivity (Wildman–Crippen MR) is 148 cm³/mol. The van der Waals surface area contributed by atoms with Crippen molar-refractivity contribution in [3.05, 3.63) is 39.9 Å². The number of anilines is 2. The molecule has 2 aromatic heterocycles. The Bertz CT molecular complexity index is 1270. The minimum atomic E-state index is -4.81. The summed E-state index contributed by atoms with van der Waals surface area (Å²) in [6.07, 6.45) is 2.06. The minimum absolute atomic E-state index is 0.0547. The van der Waals surface area contributed by atoms with Gasteiger partial charge in [-0.25, -0.2) is 9.67 Å². The number of pyridine rings is 1. The molecule has 2 aromatic rings. The molecule has 4 atom stereocenters. The third-order valence-corrected chi connectivity index (χ3v) is 9.12. The highest BCUT2D eigenvalue weighted by Crippen LogP contribution is 2.47. The topological polar surface area (TPSA) is 100.0 Å². The summed E-state index contributed by atoms with van der Waals surface area (Å²) in [7, 11) is 0. The van der Waals surface area contributed by atoms with Crippen molar-refractivity contribution in [3.8, 4) is 5.88 Å². The number of aromatic nitrogens is 3. The van der Waals surface area contributed by atoms with Gasteiger partial charge in [0.2, 0.25) is 5.88 Å². The maximum absolute atomic E-state index is 13.2. The molecule has 0 unspecified atom stereocenters. The number of nitrogens with one attached hydrogen (secondary N) is 1. The number of hydrogen-bond donors (Lipinski definition) is 1. The lowest BCUT2D eigenvalue weighted by Gasteiger charge is -2.40. The lowest BCUT2D eigenvalue weighted by atomic mass is 9.89. The van der Waals surface area contributed by atoms with E-state index in [1.165, 1.54) is 23.4 Å². The van der Waals surface area contributed by atoms with Gasteiger partial charge in [0, 0.05) is 37.7 Å². The van der Waals surface area contributed by atoms with Gasteiger partial charge >= 0.3 is 6.36 Å². The third kappa shape index (κ3) is 6.95. The van der Waals surface area contributed by atoms with Crippen LogP contribution in [0.2, 0.25) is 5.02 Å². The number of alkyl halides is 3. The highest BCUT2D eigenvalue weighted by Gasteiger charge is 2.45. The molecule has 2 saturated carbocycles. The summed E-state index contributed by atoms with van der Waals surface area (Å²) in [5, 5.41) is 7.93. The molecule has 0 spiro atoms. The van der Waals surface area contributed by atoms with Crippen LogP contribution in [0.4, 0.5) is 24.5 Å². The van der Waals surface area contributed by atoms with Crippen molar-refractivity contribution in [1.82, 2.24) is 14.8 Å². The molecule has 42 heavy (non-hydrogen) atoms. The van der Waals surface area contributed by atoms with Crippen molar-refractivity contribution in [3.63, 3.8) is 0 Å². The normalized spacial score (nSPS) is 29.4. The Hall–Kier alpha value is -2.61. The molecule has 2 saturated heterocycles. The van der Waals surface area contributed by atoms with Crippen molar-refractivity contribution in [2.24, 2.45) is 17.8 Å². The van der Waals surface area contributed by atoms with Crippen molar-refractivity contribution in [2.45, 2.75) is 56.7 Å². The summed E-state index contributed by atoms with van der Waals surface area (Å²) in [4.78, 5) is 19.2. The lowest BCUT2D eigenvalue weighted by Crippen LogP contribution is -2.46. The second kappa shape index (κ2) is 12.6. The number of halogens is 4. The summed E-state index contributed by atoms with van der Waals surface area (Å²) < 4.78 is 60.4. The standard InChI is InChI=1S/C28H35ClF3N5O5/c29-26-24(33-10-18-15-40-14-17-9-23(17)18)12-35-37(27(26)38)20-3-1-19(2-4-20)36(13-22-16-39-7-8-41-22)21-5-6-25(34-11-21)42-28(30,31)32/h5-6,11-12,17-20,22-23,33H,1-4,7-10,13-16H2/t17-,18+,19?,20?,22-,23-/m0/s1. The Kier molecular flexibility index (Phi) is 8.80. The fraction of sp³-hybridized carbons (Fsp3) is 0.679. The third-order valence-electron chi connectivity index (χ3n) is 8.76. The van der Waals surface area contributed by atoms with Gasteiger partial charge in [-0.15, -0.1) is 13.2 Å². The summed E-state index contributed by atoms with van der Waals surface area (Å²) in [6, 6.07) is 2.73. The number of ether oxygens (including phenoxy) is 4. The molecule has 4 aliphatic rings. The molecule has 1 N–H and O–H groups in total. The SMILES string of the molecule is O=c1c(Cl)c(NC[C@@H]2COC[C@@H]3C[C@H]23)cnn1C1CCC(N(C[C@H]2COCCO2)c2ccc(OC(F)(F)F)nc2)CC1. The Morgan fingerprint density at radius 2 is 1.93 bits per heavy atom. The van der Waals surface area contributed by atoms with Crippen LogP contribution in [0.5, 0.6) is 5.88 Å². The second-order valence-corrected chi connectivity index (χ2v) is 11.9. The Morgan fingerprint density at radius 1 is 1.10 bits per heavy atom. The van der Waals surface area contributed by atoms with E-state index in [9.17, 15) is 18.0 Å². The Labute approximate surface area is 246 Å². The number of nitrogens with zero attached hydrogens (tertiary/aromatic N) is 4. The van der Waals surface area contributed by atoms with Crippen LogP contribution in [0.15, 0.2) is 29.3 Å². The molecule has 2 aliphatic carbocycles. The van der Waals surface area contributed by atoms with Gasteiger partial charge < -0.3 is 29.2 Å². The average Bonchev–Trinajstić information content (AvgIpc) is 3.78. The summed E-state index contributed by atoms with van der Waals surface area (Å²) in [5.41, 5.74) is 0.890. The maximum Gasteiger partial charge on any atom is 0.574 e. The van der Waals surface area contributed by atoms with E-state index in [0.717, 1.165) is 26.1 Å². The quantitative estimate of drug-likeness (QED) is 0.444. The molecular formula is C28H35ClF3N5O5. The fourth-order valence-corrected chi connectivity index (χ4v) is 6.68.